The van der Waals surface area contributed by atoms with Crippen molar-refractivity contribution in [1.29, 1.82) is 0 Å². The molecule has 120 valence electrons. The highest BCUT2D eigenvalue weighted by Gasteiger charge is 2.20. The molecule has 23 heavy (non-hydrogen) atoms. The minimum absolute atomic E-state index is 0.0401. The third-order valence-corrected chi connectivity index (χ3v) is 3.34. The lowest BCUT2D eigenvalue weighted by Crippen LogP contribution is -2.35. The SMILES string of the molecule is Cc1ccc(C(=O)O[C@H](C)C(=O)NCc2ccccc2)c(O)c1. The van der Waals surface area contributed by atoms with Crippen LogP contribution in [0.25, 0.3) is 0 Å². The van der Waals surface area contributed by atoms with Crippen LogP contribution in [0.2, 0.25) is 0 Å². The maximum Gasteiger partial charge on any atom is 0.342 e. The van der Waals surface area contributed by atoms with Crippen LogP contribution >= 0.6 is 0 Å². The molecule has 0 aliphatic rings. The van der Waals surface area contributed by atoms with Crippen LogP contribution in [-0.4, -0.2) is 23.1 Å². The van der Waals surface area contributed by atoms with E-state index < -0.39 is 18.0 Å². The van der Waals surface area contributed by atoms with Gasteiger partial charge in [0.1, 0.15) is 11.3 Å². The van der Waals surface area contributed by atoms with E-state index in [0.717, 1.165) is 11.1 Å². The van der Waals surface area contributed by atoms with Crippen LogP contribution in [0.3, 0.4) is 0 Å². The number of esters is 1. The molecule has 0 saturated carbocycles. The summed E-state index contributed by atoms with van der Waals surface area (Å²) in [5.74, 6) is -1.29. The van der Waals surface area contributed by atoms with Gasteiger partial charge in [-0.05, 0) is 37.1 Å². The molecular formula is C18H19NO4. The van der Waals surface area contributed by atoms with E-state index in [2.05, 4.69) is 5.32 Å². The zero-order valence-corrected chi connectivity index (χ0v) is 13.1. The summed E-state index contributed by atoms with van der Waals surface area (Å²) in [5.41, 5.74) is 1.82. The number of carbonyl (C=O) groups excluding carboxylic acids is 2. The summed E-state index contributed by atoms with van der Waals surface area (Å²) in [7, 11) is 0. The third-order valence-electron chi connectivity index (χ3n) is 3.34. The molecule has 0 heterocycles. The zero-order chi connectivity index (χ0) is 16.8. The Bertz CT molecular complexity index is 697. The fourth-order valence-electron chi connectivity index (χ4n) is 2.02. The van der Waals surface area contributed by atoms with Gasteiger partial charge in [0.25, 0.3) is 5.91 Å². The van der Waals surface area contributed by atoms with E-state index in [0.29, 0.717) is 6.54 Å². The van der Waals surface area contributed by atoms with Crippen molar-refractivity contribution >= 4 is 11.9 Å². The van der Waals surface area contributed by atoms with Gasteiger partial charge in [-0.1, -0.05) is 36.4 Å². The van der Waals surface area contributed by atoms with Gasteiger partial charge in [0.2, 0.25) is 0 Å². The number of hydrogen-bond donors (Lipinski definition) is 2. The number of nitrogens with one attached hydrogen (secondary N) is 1. The number of amides is 1. The van der Waals surface area contributed by atoms with Crippen LogP contribution in [0, 0.1) is 6.92 Å². The smallest absolute Gasteiger partial charge is 0.342 e. The normalized spacial score (nSPS) is 11.6. The molecule has 2 rings (SSSR count). The van der Waals surface area contributed by atoms with Gasteiger partial charge < -0.3 is 15.2 Å². The Balaban J connectivity index is 1.91. The van der Waals surface area contributed by atoms with Crippen molar-refractivity contribution < 1.29 is 19.4 Å². The predicted molar refractivity (Wildman–Crippen MR) is 86.0 cm³/mol. The first-order valence-electron chi connectivity index (χ1n) is 7.29. The Morgan fingerprint density at radius 2 is 1.87 bits per heavy atom. The molecule has 0 aliphatic carbocycles. The van der Waals surface area contributed by atoms with Crippen molar-refractivity contribution in [1.82, 2.24) is 5.32 Å². The van der Waals surface area contributed by atoms with Crippen molar-refractivity contribution in [3.63, 3.8) is 0 Å². The van der Waals surface area contributed by atoms with E-state index in [1.165, 1.54) is 19.1 Å². The van der Waals surface area contributed by atoms with Crippen molar-refractivity contribution in [3.8, 4) is 5.75 Å². The Morgan fingerprint density at radius 3 is 2.52 bits per heavy atom. The molecule has 2 N–H and O–H groups in total. The summed E-state index contributed by atoms with van der Waals surface area (Å²) in [6.07, 6.45) is -0.952. The maximum atomic E-state index is 12.0. The van der Waals surface area contributed by atoms with Gasteiger partial charge in [0.15, 0.2) is 6.10 Å². The number of aryl methyl sites for hydroxylation is 1. The Hall–Kier alpha value is -2.82. The number of hydrogen-bond acceptors (Lipinski definition) is 4. The molecule has 0 saturated heterocycles. The van der Waals surface area contributed by atoms with Crippen LogP contribution in [0.4, 0.5) is 0 Å². The second-order valence-electron chi connectivity index (χ2n) is 5.27. The van der Waals surface area contributed by atoms with Gasteiger partial charge in [0.05, 0.1) is 0 Å². The van der Waals surface area contributed by atoms with Crippen LogP contribution in [0.1, 0.15) is 28.4 Å². The molecule has 0 bridgehead atoms. The second kappa shape index (κ2) is 7.45. The summed E-state index contributed by atoms with van der Waals surface area (Å²) < 4.78 is 5.10. The van der Waals surface area contributed by atoms with Crippen LogP contribution in [0.5, 0.6) is 5.75 Å². The molecule has 0 fully saturated rings. The van der Waals surface area contributed by atoms with Crippen molar-refractivity contribution in [2.75, 3.05) is 0 Å². The minimum atomic E-state index is -0.952. The molecule has 1 atom stereocenters. The lowest BCUT2D eigenvalue weighted by molar-refractivity contribution is -0.129. The summed E-state index contributed by atoms with van der Waals surface area (Å²) in [6.45, 7) is 3.65. The maximum absolute atomic E-state index is 12.0. The Kier molecular flexibility index (Phi) is 5.36. The van der Waals surface area contributed by atoms with E-state index in [9.17, 15) is 14.7 Å². The highest BCUT2D eigenvalue weighted by atomic mass is 16.5. The standard InChI is InChI=1S/C18H19NO4/c1-12-8-9-15(16(20)10-12)18(22)23-13(2)17(21)19-11-14-6-4-3-5-7-14/h3-10,13,20H,11H2,1-2H3,(H,19,21)/t13-/m1/s1. The molecule has 5 nitrogen and oxygen atoms in total. The third kappa shape index (κ3) is 4.57. The number of phenols is 1. The van der Waals surface area contributed by atoms with E-state index in [-0.39, 0.29) is 11.3 Å². The average molecular weight is 313 g/mol. The fourth-order valence-corrected chi connectivity index (χ4v) is 2.02. The van der Waals surface area contributed by atoms with Crippen molar-refractivity contribution in [3.05, 3.63) is 65.2 Å². The van der Waals surface area contributed by atoms with Gasteiger partial charge in [-0.15, -0.1) is 0 Å². The number of phenolic OH excluding ortho intramolecular Hbond substituents is 1. The quantitative estimate of drug-likeness (QED) is 0.832. The molecule has 0 aromatic heterocycles. The van der Waals surface area contributed by atoms with Crippen LogP contribution in [0.15, 0.2) is 48.5 Å². The van der Waals surface area contributed by atoms with Gasteiger partial charge in [-0.3, -0.25) is 4.79 Å². The molecular weight excluding hydrogens is 294 g/mol. The summed E-state index contributed by atoms with van der Waals surface area (Å²) in [6, 6.07) is 14.1. The largest absolute Gasteiger partial charge is 0.507 e. The fraction of sp³-hybridized carbons (Fsp3) is 0.222. The number of aromatic hydroxyl groups is 1. The van der Waals surface area contributed by atoms with E-state index in [1.807, 2.05) is 30.3 Å². The van der Waals surface area contributed by atoms with Gasteiger partial charge >= 0.3 is 5.97 Å². The first-order chi connectivity index (χ1) is 11.0. The monoisotopic (exact) mass is 313 g/mol. The van der Waals surface area contributed by atoms with Crippen LogP contribution in [-0.2, 0) is 16.1 Å². The minimum Gasteiger partial charge on any atom is -0.507 e. The molecule has 0 radical (unpaired) electrons. The number of benzene rings is 2. The van der Waals surface area contributed by atoms with Gasteiger partial charge in [-0.2, -0.15) is 0 Å². The number of carbonyl (C=O) groups is 2. The lowest BCUT2D eigenvalue weighted by atomic mass is 10.1. The number of ether oxygens (including phenoxy) is 1. The van der Waals surface area contributed by atoms with Crippen molar-refractivity contribution in [2.45, 2.75) is 26.5 Å². The first-order valence-corrected chi connectivity index (χ1v) is 7.29. The molecule has 1 amide bonds. The van der Waals surface area contributed by atoms with Gasteiger partial charge in [0, 0.05) is 6.54 Å². The Labute approximate surface area is 134 Å². The first kappa shape index (κ1) is 16.5. The highest BCUT2D eigenvalue weighted by molar-refractivity contribution is 5.94. The predicted octanol–water partition coefficient (Wildman–Crippen LogP) is 2.56. The summed E-state index contributed by atoms with van der Waals surface area (Å²) >= 11 is 0. The molecule has 0 spiro atoms. The van der Waals surface area contributed by atoms with E-state index in [1.54, 1.807) is 13.0 Å². The van der Waals surface area contributed by atoms with E-state index in [4.69, 9.17) is 4.74 Å². The zero-order valence-electron chi connectivity index (χ0n) is 13.1. The Morgan fingerprint density at radius 1 is 1.17 bits per heavy atom. The van der Waals surface area contributed by atoms with Crippen molar-refractivity contribution in [2.24, 2.45) is 0 Å². The molecule has 5 heteroatoms. The molecule has 0 unspecified atom stereocenters. The van der Waals surface area contributed by atoms with Crippen LogP contribution < -0.4 is 5.32 Å². The summed E-state index contributed by atoms with van der Waals surface area (Å²) in [5, 5.41) is 12.5. The second-order valence-corrected chi connectivity index (χ2v) is 5.27. The molecule has 2 aromatic carbocycles. The molecule has 0 aliphatic heterocycles. The number of rotatable bonds is 5. The van der Waals surface area contributed by atoms with Gasteiger partial charge in [-0.25, -0.2) is 4.79 Å². The lowest BCUT2D eigenvalue weighted by Gasteiger charge is -2.14. The highest BCUT2D eigenvalue weighted by Crippen LogP contribution is 2.19. The topological polar surface area (TPSA) is 75.6 Å². The van der Waals surface area contributed by atoms with E-state index >= 15 is 0 Å². The average Bonchev–Trinajstić information content (AvgIpc) is 2.53. The summed E-state index contributed by atoms with van der Waals surface area (Å²) in [4.78, 5) is 24.0. The molecule has 2 aromatic rings.